The first-order valence-electron chi connectivity index (χ1n) is 4.66. The highest BCUT2D eigenvalue weighted by Gasteiger charge is 2.18. The Balaban J connectivity index is 3.51. The fourth-order valence-electron chi connectivity index (χ4n) is 1.02. The van der Waals surface area contributed by atoms with E-state index >= 15 is 0 Å². The van der Waals surface area contributed by atoms with Gasteiger partial charge in [-0.2, -0.15) is 0 Å². The monoisotopic (exact) mass is 171 g/mol. The number of rotatable bonds is 7. The Hall–Kier alpha value is -0.500. The largest absolute Gasteiger partial charge is 0.277 e. The zero-order valence-electron chi connectivity index (χ0n) is 8.52. The van der Waals surface area contributed by atoms with Gasteiger partial charge in [-0.25, -0.2) is 0 Å². The van der Waals surface area contributed by atoms with Crippen molar-refractivity contribution in [2.75, 3.05) is 6.61 Å². The van der Waals surface area contributed by atoms with Crippen LogP contribution in [0.5, 0.6) is 0 Å². The molecule has 0 radical (unpaired) electrons. The second-order valence-electron chi connectivity index (χ2n) is 3.44. The molecule has 0 atom stereocenters. The number of nitrogens with one attached hydrogen (secondary N) is 1. The van der Waals surface area contributed by atoms with E-state index in [9.17, 15) is 0 Å². The molecule has 0 unspecified atom stereocenters. The van der Waals surface area contributed by atoms with Gasteiger partial charge in [0.2, 0.25) is 0 Å². The summed E-state index contributed by atoms with van der Waals surface area (Å²) in [4.78, 5) is 5.11. The van der Waals surface area contributed by atoms with Crippen LogP contribution in [-0.4, -0.2) is 6.61 Å². The van der Waals surface area contributed by atoms with Crippen LogP contribution >= 0.6 is 0 Å². The van der Waals surface area contributed by atoms with E-state index in [-0.39, 0.29) is 0 Å². The third-order valence-corrected chi connectivity index (χ3v) is 2.68. The standard InChI is InChI=1S/C10H21NO/c1-5-10(4,6-2)8-9-12-11-7-3/h7,11H,3,5-6,8-9H2,1-2,4H3. The second-order valence-corrected chi connectivity index (χ2v) is 3.44. The molecule has 0 aliphatic heterocycles. The number of hydrogen-bond donors (Lipinski definition) is 1. The van der Waals surface area contributed by atoms with Crippen molar-refractivity contribution in [1.29, 1.82) is 0 Å². The summed E-state index contributed by atoms with van der Waals surface area (Å²) in [5.41, 5.74) is 3.07. The average molecular weight is 171 g/mol. The van der Waals surface area contributed by atoms with E-state index in [0.29, 0.717) is 5.41 Å². The van der Waals surface area contributed by atoms with Crippen LogP contribution in [-0.2, 0) is 4.84 Å². The van der Waals surface area contributed by atoms with Crippen molar-refractivity contribution >= 4 is 0 Å². The van der Waals surface area contributed by atoms with Gasteiger partial charge >= 0.3 is 0 Å². The average Bonchev–Trinajstić information content (AvgIpc) is 2.12. The zero-order chi connectivity index (χ0) is 9.45. The summed E-state index contributed by atoms with van der Waals surface area (Å²) < 4.78 is 0. The molecule has 0 rings (SSSR count). The molecule has 0 saturated carbocycles. The zero-order valence-corrected chi connectivity index (χ0v) is 8.52. The summed E-state index contributed by atoms with van der Waals surface area (Å²) in [5, 5.41) is 0. The van der Waals surface area contributed by atoms with Crippen molar-refractivity contribution in [2.24, 2.45) is 5.41 Å². The maximum Gasteiger partial charge on any atom is 0.0750 e. The fraction of sp³-hybridized carbons (Fsp3) is 0.800. The Morgan fingerprint density at radius 3 is 2.42 bits per heavy atom. The molecule has 0 aliphatic rings. The van der Waals surface area contributed by atoms with Crippen molar-refractivity contribution in [1.82, 2.24) is 5.48 Å². The van der Waals surface area contributed by atoms with Crippen molar-refractivity contribution in [3.05, 3.63) is 12.8 Å². The van der Waals surface area contributed by atoms with Gasteiger partial charge < -0.3 is 0 Å². The Labute approximate surface area is 76.0 Å². The van der Waals surface area contributed by atoms with Crippen LogP contribution in [0.2, 0.25) is 0 Å². The molecule has 0 aliphatic carbocycles. The molecule has 12 heavy (non-hydrogen) atoms. The molecule has 0 fully saturated rings. The molecule has 0 aromatic carbocycles. The molecule has 0 heterocycles. The molecular formula is C10H21NO. The molecule has 0 aromatic rings. The molecular weight excluding hydrogens is 150 g/mol. The van der Waals surface area contributed by atoms with E-state index < -0.39 is 0 Å². The first-order valence-corrected chi connectivity index (χ1v) is 4.66. The van der Waals surface area contributed by atoms with Gasteiger partial charge in [0.15, 0.2) is 0 Å². The smallest absolute Gasteiger partial charge is 0.0750 e. The van der Waals surface area contributed by atoms with Gasteiger partial charge in [0.05, 0.1) is 6.61 Å². The SMILES string of the molecule is C=CNOCCC(C)(CC)CC. The van der Waals surface area contributed by atoms with Gasteiger partial charge in [0.25, 0.3) is 0 Å². The first-order chi connectivity index (χ1) is 5.68. The predicted octanol–water partition coefficient (Wildman–Crippen LogP) is 2.87. The summed E-state index contributed by atoms with van der Waals surface area (Å²) in [6, 6.07) is 0. The minimum absolute atomic E-state index is 0.433. The van der Waals surface area contributed by atoms with Crippen molar-refractivity contribution in [3.63, 3.8) is 0 Å². The van der Waals surface area contributed by atoms with Crippen LogP contribution in [0.25, 0.3) is 0 Å². The van der Waals surface area contributed by atoms with Crippen molar-refractivity contribution in [2.45, 2.75) is 40.0 Å². The molecule has 2 heteroatoms. The minimum atomic E-state index is 0.433. The molecule has 0 aromatic heterocycles. The highest BCUT2D eigenvalue weighted by atomic mass is 16.6. The van der Waals surface area contributed by atoms with E-state index in [1.807, 2.05) is 0 Å². The van der Waals surface area contributed by atoms with Crippen LogP contribution in [0.1, 0.15) is 40.0 Å². The summed E-state index contributed by atoms with van der Waals surface area (Å²) >= 11 is 0. The van der Waals surface area contributed by atoms with E-state index in [1.54, 1.807) is 6.20 Å². The summed E-state index contributed by atoms with van der Waals surface area (Å²) in [7, 11) is 0. The maximum atomic E-state index is 5.11. The Kier molecular flexibility index (Phi) is 5.81. The third kappa shape index (κ3) is 4.39. The number of hydrogen-bond acceptors (Lipinski definition) is 2. The minimum Gasteiger partial charge on any atom is -0.277 e. The van der Waals surface area contributed by atoms with Crippen molar-refractivity contribution < 1.29 is 4.84 Å². The van der Waals surface area contributed by atoms with Gasteiger partial charge in [-0.05, 0) is 11.8 Å². The highest BCUT2D eigenvalue weighted by Crippen LogP contribution is 2.29. The third-order valence-electron chi connectivity index (χ3n) is 2.68. The van der Waals surface area contributed by atoms with Gasteiger partial charge in [0, 0.05) is 6.20 Å². The van der Waals surface area contributed by atoms with Crippen LogP contribution in [0.3, 0.4) is 0 Å². The molecule has 72 valence electrons. The molecule has 0 saturated heterocycles. The summed E-state index contributed by atoms with van der Waals surface area (Å²) in [5.74, 6) is 0. The summed E-state index contributed by atoms with van der Waals surface area (Å²) in [6.07, 6.45) is 5.07. The second kappa shape index (κ2) is 6.06. The van der Waals surface area contributed by atoms with E-state index in [0.717, 1.165) is 13.0 Å². The van der Waals surface area contributed by atoms with Crippen molar-refractivity contribution in [3.8, 4) is 0 Å². The summed E-state index contributed by atoms with van der Waals surface area (Å²) in [6.45, 7) is 11.0. The van der Waals surface area contributed by atoms with Gasteiger partial charge in [-0.1, -0.05) is 40.2 Å². The quantitative estimate of drug-likeness (QED) is 0.470. The van der Waals surface area contributed by atoms with E-state index in [1.165, 1.54) is 12.8 Å². The fourth-order valence-corrected chi connectivity index (χ4v) is 1.02. The Bertz CT molecular complexity index is 119. The van der Waals surface area contributed by atoms with E-state index in [4.69, 9.17) is 4.84 Å². The lowest BCUT2D eigenvalue weighted by Crippen LogP contribution is -2.19. The molecule has 0 spiro atoms. The van der Waals surface area contributed by atoms with Crippen LogP contribution in [0.4, 0.5) is 0 Å². The van der Waals surface area contributed by atoms with Gasteiger partial charge in [-0.3, -0.25) is 10.3 Å². The van der Waals surface area contributed by atoms with Crippen LogP contribution in [0, 0.1) is 5.41 Å². The first kappa shape index (κ1) is 11.5. The topological polar surface area (TPSA) is 21.3 Å². The lowest BCUT2D eigenvalue weighted by Gasteiger charge is -2.25. The van der Waals surface area contributed by atoms with Crippen LogP contribution < -0.4 is 5.48 Å². The lowest BCUT2D eigenvalue weighted by atomic mass is 9.82. The van der Waals surface area contributed by atoms with Gasteiger partial charge in [-0.15, -0.1) is 0 Å². The normalized spacial score (nSPS) is 11.2. The maximum absolute atomic E-state index is 5.11. The van der Waals surface area contributed by atoms with Crippen LogP contribution in [0.15, 0.2) is 12.8 Å². The predicted molar refractivity (Wildman–Crippen MR) is 52.6 cm³/mol. The lowest BCUT2D eigenvalue weighted by molar-refractivity contribution is 0.0452. The number of hydroxylamine groups is 1. The molecule has 0 bridgehead atoms. The molecule has 0 amide bonds. The Morgan fingerprint density at radius 1 is 1.42 bits per heavy atom. The Morgan fingerprint density at radius 2 is 2.00 bits per heavy atom. The van der Waals surface area contributed by atoms with E-state index in [2.05, 4.69) is 32.8 Å². The highest BCUT2D eigenvalue weighted by molar-refractivity contribution is 4.70. The molecule has 2 nitrogen and oxygen atoms in total. The van der Waals surface area contributed by atoms with Gasteiger partial charge in [0.1, 0.15) is 0 Å². The molecule has 1 N–H and O–H groups in total.